The first-order valence-corrected chi connectivity index (χ1v) is 8.64. The molecule has 27 heavy (non-hydrogen) atoms. The van der Waals surface area contributed by atoms with E-state index in [1.807, 2.05) is 0 Å². The summed E-state index contributed by atoms with van der Waals surface area (Å²) in [6, 6.07) is 5.27. The monoisotopic (exact) mass is 376 g/mol. The highest BCUT2D eigenvalue weighted by molar-refractivity contribution is 5.95. The van der Waals surface area contributed by atoms with E-state index in [2.05, 4.69) is 20.6 Å². The number of rotatable bonds is 5. The van der Waals surface area contributed by atoms with E-state index in [0.29, 0.717) is 18.5 Å². The zero-order chi connectivity index (χ0) is 19.4. The molecule has 0 unspecified atom stereocenters. The van der Waals surface area contributed by atoms with Crippen LogP contribution in [0.4, 0.5) is 4.39 Å². The molecule has 9 heteroatoms. The van der Waals surface area contributed by atoms with Crippen molar-refractivity contribution in [3.63, 3.8) is 0 Å². The molecule has 5 N–H and O–H groups in total. The smallest absolute Gasteiger partial charge is 0.274 e. The molecule has 0 radical (unpaired) electrons. The van der Waals surface area contributed by atoms with Crippen LogP contribution in [-0.2, 0) is 6.54 Å². The summed E-state index contributed by atoms with van der Waals surface area (Å²) in [6.45, 7) is 0.785. The van der Waals surface area contributed by atoms with Crippen LogP contribution in [0, 0.1) is 11.7 Å². The number of nitrogens with one attached hydrogen (secondary N) is 2. The lowest BCUT2D eigenvalue weighted by atomic mass is 9.93. The molecule has 2 heterocycles. The minimum absolute atomic E-state index is 0.0350. The lowest BCUT2D eigenvalue weighted by molar-refractivity contribution is 0.0940. The van der Waals surface area contributed by atoms with Gasteiger partial charge in [0, 0.05) is 13.2 Å². The molecule has 1 aromatic heterocycles. The molecule has 0 bridgehead atoms. The number of halogens is 1. The van der Waals surface area contributed by atoms with E-state index in [9.17, 15) is 24.5 Å². The minimum atomic E-state index is -0.704. The number of benzene rings is 1. The number of nitrogens with zero attached hydrogens (tertiary/aromatic N) is 2. The second kappa shape index (κ2) is 8.28. The van der Waals surface area contributed by atoms with Crippen molar-refractivity contribution in [3.8, 4) is 11.6 Å². The van der Waals surface area contributed by atoms with E-state index in [0.717, 1.165) is 6.42 Å². The maximum Gasteiger partial charge on any atom is 0.274 e. The second-order valence-corrected chi connectivity index (χ2v) is 6.49. The van der Waals surface area contributed by atoms with Gasteiger partial charge in [-0.05, 0) is 43.0 Å². The van der Waals surface area contributed by atoms with Gasteiger partial charge in [-0.2, -0.15) is 4.98 Å². The number of amides is 1. The van der Waals surface area contributed by atoms with Crippen LogP contribution in [0.5, 0.6) is 11.6 Å². The zero-order valence-electron chi connectivity index (χ0n) is 14.5. The molecule has 2 atom stereocenters. The second-order valence-electron chi connectivity index (χ2n) is 6.49. The van der Waals surface area contributed by atoms with Gasteiger partial charge in [0.05, 0.1) is 6.04 Å². The van der Waals surface area contributed by atoms with Crippen molar-refractivity contribution >= 4 is 5.91 Å². The lowest BCUT2D eigenvalue weighted by Crippen LogP contribution is -2.34. The standard InChI is InChI=1S/C18H21FN4O4/c19-12-3-1-10(2-4-12)8-21-17(26)14-15(25)18(27)23-16(22-14)13-7-11(9-24)5-6-20-13/h1-4,11,13,20,24-25H,5-9H2,(H,21,26)(H,22,23,27)/t11-,13+/m1/s1. The molecule has 1 fully saturated rings. The third-order valence-electron chi connectivity index (χ3n) is 4.55. The van der Waals surface area contributed by atoms with E-state index < -0.39 is 17.5 Å². The van der Waals surface area contributed by atoms with Crippen molar-refractivity contribution < 1.29 is 24.5 Å². The number of carbonyl (C=O) groups excluding carboxylic acids is 1. The Bertz CT molecular complexity index is 816. The average molecular weight is 376 g/mol. The molecular weight excluding hydrogens is 355 g/mol. The SMILES string of the molecule is O=C(NCc1ccc(F)cc1)c1nc([C@@H]2C[C@H](CO)CCN2)nc(O)c1O. The summed E-state index contributed by atoms with van der Waals surface area (Å²) in [5.41, 5.74) is 0.329. The fourth-order valence-electron chi connectivity index (χ4n) is 3.00. The van der Waals surface area contributed by atoms with Gasteiger partial charge in [-0.25, -0.2) is 9.37 Å². The van der Waals surface area contributed by atoms with Crippen LogP contribution in [0.2, 0.25) is 0 Å². The third kappa shape index (κ3) is 4.50. The van der Waals surface area contributed by atoms with E-state index in [-0.39, 0.29) is 42.4 Å². The van der Waals surface area contributed by atoms with Crippen LogP contribution < -0.4 is 10.6 Å². The summed E-state index contributed by atoms with van der Waals surface area (Å²) < 4.78 is 12.9. The molecular formula is C18H21FN4O4. The maximum atomic E-state index is 12.9. The number of aliphatic hydroxyl groups is 1. The maximum absolute atomic E-state index is 12.9. The number of hydrogen-bond acceptors (Lipinski definition) is 7. The summed E-state index contributed by atoms with van der Waals surface area (Å²) in [4.78, 5) is 20.4. The minimum Gasteiger partial charge on any atom is -0.501 e. The number of piperidine rings is 1. The highest BCUT2D eigenvalue weighted by Gasteiger charge is 2.27. The van der Waals surface area contributed by atoms with Crippen LogP contribution in [-0.4, -0.2) is 44.3 Å². The normalized spacial score (nSPS) is 19.6. The Hall–Kier alpha value is -2.78. The highest BCUT2D eigenvalue weighted by Crippen LogP contribution is 2.30. The lowest BCUT2D eigenvalue weighted by Gasteiger charge is -2.28. The van der Waals surface area contributed by atoms with Gasteiger partial charge in [-0.15, -0.1) is 0 Å². The summed E-state index contributed by atoms with van der Waals surface area (Å²) in [5, 5.41) is 35.0. The summed E-state index contributed by atoms with van der Waals surface area (Å²) in [6.07, 6.45) is 1.36. The first kappa shape index (κ1) is 19.0. The van der Waals surface area contributed by atoms with Crippen LogP contribution in [0.25, 0.3) is 0 Å². The fourth-order valence-corrected chi connectivity index (χ4v) is 3.00. The van der Waals surface area contributed by atoms with Gasteiger partial charge in [-0.1, -0.05) is 12.1 Å². The number of aromatic hydroxyl groups is 2. The van der Waals surface area contributed by atoms with Crippen molar-refractivity contribution in [2.24, 2.45) is 5.92 Å². The third-order valence-corrected chi connectivity index (χ3v) is 4.55. The van der Waals surface area contributed by atoms with Crippen LogP contribution >= 0.6 is 0 Å². The number of hydrogen-bond donors (Lipinski definition) is 5. The first-order valence-electron chi connectivity index (χ1n) is 8.64. The molecule has 144 valence electrons. The largest absolute Gasteiger partial charge is 0.501 e. The topological polar surface area (TPSA) is 128 Å². The fraction of sp³-hybridized carbons (Fsp3) is 0.389. The highest BCUT2D eigenvalue weighted by atomic mass is 19.1. The van der Waals surface area contributed by atoms with Gasteiger partial charge in [0.2, 0.25) is 5.75 Å². The summed E-state index contributed by atoms with van der Waals surface area (Å²) >= 11 is 0. The van der Waals surface area contributed by atoms with Gasteiger partial charge in [0.25, 0.3) is 11.8 Å². The van der Waals surface area contributed by atoms with Gasteiger partial charge in [0.1, 0.15) is 11.6 Å². The molecule has 0 aliphatic carbocycles. The van der Waals surface area contributed by atoms with Crippen LogP contribution in [0.3, 0.4) is 0 Å². The van der Waals surface area contributed by atoms with Gasteiger partial charge in [0.15, 0.2) is 5.69 Å². The molecule has 1 aliphatic rings. The van der Waals surface area contributed by atoms with Crippen molar-refractivity contribution in [1.29, 1.82) is 0 Å². The van der Waals surface area contributed by atoms with Gasteiger partial charge in [-0.3, -0.25) is 4.79 Å². The molecule has 1 aliphatic heterocycles. The first-order chi connectivity index (χ1) is 13.0. The number of aromatic nitrogens is 2. The molecule has 1 saturated heterocycles. The predicted octanol–water partition coefficient (Wildman–Crippen LogP) is 0.990. The predicted molar refractivity (Wildman–Crippen MR) is 93.5 cm³/mol. The Labute approximate surface area is 155 Å². The van der Waals surface area contributed by atoms with Crippen LogP contribution in [0.1, 0.15) is 40.8 Å². The molecule has 0 spiro atoms. The van der Waals surface area contributed by atoms with Crippen molar-refractivity contribution in [1.82, 2.24) is 20.6 Å². The Balaban J connectivity index is 1.76. The van der Waals surface area contributed by atoms with Crippen molar-refractivity contribution in [3.05, 3.63) is 47.2 Å². The van der Waals surface area contributed by atoms with E-state index in [1.54, 1.807) is 0 Å². The van der Waals surface area contributed by atoms with E-state index in [1.165, 1.54) is 24.3 Å². The quantitative estimate of drug-likeness (QED) is 0.526. The zero-order valence-corrected chi connectivity index (χ0v) is 14.5. The molecule has 1 aromatic carbocycles. The Morgan fingerprint density at radius 2 is 2.00 bits per heavy atom. The van der Waals surface area contributed by atoms with Gasteiger partial charge < -0.3 is 26.0 Å². The summed E-state index contributed by atoms with van der Waals surface area (Å²) in [7, 11) is 0. The Kier molecular flexibility index (Phi) is 5.82. The van der Waals surface area contributed by atoms with E-state index in [4.69, 9.17) is 0 Å². The molecule has 0 saturated carbocycles. The van der Waals surface area contributed by atoms with Crippen molar-refractivity contribution in [2.75, 3.05) is 13.2 Å². The molecule has 8 nitrogen and oxygen atoms in total. The Morgan fingerprint density at radius 1 is 1.26 bits per heavy atom. The molecule has 3 rings (SSSR count). The average Bonchev–Trinajstić information content (AvgIpc) is 2.69. The van der Waals surface area contributed by atoms with Crippen LogP contribution in [0.15, 0.2) is 24.3 Å². The van der Waals surface area contributed by atoms with Crippen molar-refractivity contribution in [2.45, 2.75) is 25.4 Å². The number of aliphatic hydroxyl groups excluding tert-OH is 1. The molecule has 2 aromatic rings. The van der Waals surface area contributed by atoms with Gasteiger partial charge >= 0.3 is 0 Å². The summed E-state index contributed by atoms with van der Waals surface area (Å²) in [5.74, 6) is -2.20. The Morgan fingerprint density at radius 3 is 2.70 bits per heavy atom. The number of carbonyl (C=O) groups is 1. The molecule has 1 amide bonds. The van der Waals surface area contributed by atoms with E-state index >= 15 is 0 Å².